The first-order valence-electron chi connectivity index (χ1n) is 6.68. The lowest BCUT2D eigenvalue weighted by atomic mass is 10.1. The Morgan fingerprint density at radius 3 is 2.55 bits per heavy atom. The van der Waals surface area contributed by atoms with E-state index in [1.54, 1.807) is 6.07 Å². The Morgan fingerprint density at radius 1 is 1.20 bits per heavy atom. The number of hydrogen-bond acceptors (Lipinski definition) is 3. The minimum atomic E-state index is -0.266. The molecule has 20 heavy (non-hydrogen) atoms. The smallest absolute Gasteiger partial charge is 0.125 e. The van der Waals surface area contributed by atoms with Crippen molar-refractivity contribution in [1.29, 1.82) is 0 Å². The number of ether oxygens (including phenoxy) is 1. The van der Waals surface area contributed by atoms with Crippen molar-refractivity contribution in [2.75, 3.05) is 18.5 Å². The van der Waals surface area contributed by atoms with Crippen molar-refractivity contribution in [3.8, 4) is 5.75 Å². The zero-order chi connectivity index (χ0) is 14.4. The molecular weight excluding hydrogens is 255 g/mol. The molecule has 0 spiro atoms. The molecular formula is C16H19FN2O. The molecule has 0 bridgehead atoms. The van der Waals surface area contributed by atoms with Crippen molar-refractivity contribution in [3.05, 3.63) is 59.9 Å². The van der Waals surface area contributed by atoms with Crippen LogP contribution in [0, 0.1) is 5.82 Å². The van der Waals surface area contributed by atoms with Gasteiger partial charge in [0.2, 0.25) is 0 Å². The average molecular weight is 274 g/mol. The van der Waals surface area contributed by atoms with Crippen LogP contribution in [0.4, 0.5) is 10.1 Å². The Kier molecular flexibility index (Phi) is 4.96. The fraction of sp³-hybridized carbons (Fsp3) is 0.250. The second-order valence-electron chi connectivity index (χ2n) is 4.45. The third-order valence-electron chi connectivity index (χ3n) is 2.99. The SMILES string of the molecule is CCOc1ccc(C(CN)Nc2cccc(F)c2)cc1. The molecule has 0 saturated heterocycles. The molecule has 0 amide bonds. The molecule has 106 valence electrons. The molecule has 0 aliphatic carbocycles. The highest BCUT2D eigenvalue weighted by molar-refractivity contribution is 5.46. The number of hydrogen-bond donors (Lipinski definition) is 2. The molecule has 0 aliphatic rings. The predicted molar refractivity (Wildman–Crippen MR) is 79.4 cm³/mol. The monoisotopic (exact) mass is 274 g/mol. The first-order valence-corrected chi connectivity index (χ1v) is 6.68. The summed E-state index contributed by atoms with van der Waals surface area (Å²) < 4.78 is 18.6. The van der Waals surface area contributed by atoms with Crippen LogP contribution >= 0.6 is 0 Å². The third kappa shape index (κ3) is 3.71. The summed E-state index contributed by atoms with van der Waals surface area (Å²) in [4.78, 5) is 0. The van der Waals surface area contributed by atoms with Crippen LogP contribution in [0.1, 0.15) is 18.5 Å². The van der Waals surface area contributed by atoms with E-state index in [1.807, 2.05) is 37.3 Å². The van der Waals surface area contributed by atoms with Gasteiger partial charge in [-0.25, -0.2) is 4.39 Å². The van der Waals surface area contributed by atoms with Crippen LogP contribution in [0.5, 0.6) is 5.75 Å². The lowest BCUT2D eigenvalue weighted by Crippen LogP contribution is -2.20. The van der Waals surface area contributed by atoms with Crippen molar-refractivity contribution in [1.82, 2.24) is 0 Å². The van der Waals surface area contributed by atoms with Gasteiger partial charge in [-0.1, -0.05) is 18.2 Å². The zero-order valence-corrected chi connectivity index (χ0v) is 11.5. The van der Waals surface area contributed by atoms with E-state index in [0.717, 1.165) is 11.3 Å². The Balaban J connectivity index is 2.11. The summed E-state index contributed by atoms with van der Waals surface area (Å²) >= 11 is 0. The number of benzene rings is 2. The van der Waals surface area contributed by atoms with E-state index in [4.69, 9.17) is 10.5 Å². The van der Waals surface area contributed by atoms with Gasteiger partial charge in [0, 0.05) is 12.2 Å². The Labute approximate surface area is 118 Å². The summed E-state index contributed by atoms with van der Waals surface area (Å²) in [5.74, 6) is 0.565. The molecule has 2 aromatic carbocycles. The van der Waals surface area contributed by atoms with E-state index in [-0.39, 0.29) is 11.9 Å². The number of anilines is 1. The molecule has 0 saturated carbocycles. The first kappa shape index (κ1) is 14.3. The Morgan fingerprint density at radius 2 is 1.95 bits per heavy atom. The van der Waals surface area contributed by atoms with Crippen LogP contribution in [0.2, 0.25) is 0 Å². The highest BCUT2D eigenvalue weighted by Gasteiger charge is 2.10. The van der Waals surface area contributed by atoms with Crippen LogP contribution in [0.3, 0.4) is 0 Å². The van der Waals surface area contributed by atoms with Crippen LogP contribution in [-0.2, 0) is 0 Å². The van der Waals surface area contributed by atoms with E-state index < -0.39 is 0 Å². The summed E-state index contributed by atoms with van der Waals surface area (Å²) in [7, 11) is 0. The molecule has 1 unspecified atom stereocenters. The predicted octanol–water partition coefficient (Wildman–Crippen LogP) is 3.34. The van der Waals surface area contributed by atoms with Gasteiger partial charge in [0.25, 0.3) is 0 Å². The summed E-state index contributed by atoms with van der Waals surface area (Å²) in [5, 5.41) is 3.23. The maximum atomic E-state index is 13.2. The molecule has 2 rings (SSSR count). The quantitative estimate of drug-likeness (QED) is 0.849. The maximum absolute atomic E-state index is 13.2. The molecule has 4 heteroatoms. The Hall–Kier alpha value is -2.07. The summed E-state index contributed by atoms with van der Waals surface area (Å²) in [6.07, 6.45) is 0. The van der Waals surface area contributed by atoms with Crippen molar-refractivity contribution in [2.45, 2.75) is 13.0 Å². The van der Waals surface area contributed by atoms with E-state index >= 15 is 0 Å². The zero-order valence-electron chi connectivity index (χ0n) is 11.5. The van der Waals surface area contributed by atoms with Crippen molar-refractivity contribution < 1.29 is 9.13 Å². The Bertz CT molecular complexity index is 542. The van der Waals surface area contributed by atoms with Crippen molar-refractivity contribution in [2.24, 2.45) is 5.73 Å². The molecule has 3 nitrogen and oxygen atoms in total. The molecule has 0 radical (unpaired) electrons. The molecule has 0 aliphatic heterocycles. The van der Waals surface area contributed by atoms with Gasteiger partial charge in [-0.05, 0) is 42.8 Å². The first-order chi connectivity index (χ1) is 9.72. The van der Waals surface area contributed by atoms with Gasteiger partial charge in [-0.15, -0.1) is 0 Å². The fourth-order valence-electron chi connectivity index (χ4n) is 2.02. The fourth-order valence-corrected chi connectivity index (χ4v) is 2.02. The van der Waals surface area contributed by atoms with Gasteiger partial charge >= 0.3 is 0 Å². The molecule has 3 N–H and O–H groups in total. The maximum Gasteiger partial charge on any atom is 0.125 e. The lowest BCUT2D eigenvalue weighted by Gasteiger charge is -2.19. The van der Waals surface area contributed by atoms with Gasteiger partial charge in [0.1, 0.15) is 11.6 Å². The average Bonchev–Trinajstić information content (AvgIpc) is 2.46. The van der Waals surface area contributed by atoms with E-state index in [0.29, 0.717) is 18.8 Å². The van der Waals surface area contributed by atoms with Gasteiger partial charge in [-0.3, -0.25) is 0 Å². The minimum Gasteiger partial charge on any atom is -0.494 e. The molecule has 0 fully saturated rings. The van der Waals surface area contributed by atoms with Crippen LogP contribution < -0.4 is 15.8 Å². The molecule has 2 aromatic rings. The number of nitrogens with two attached hydrogens (primary N) is 1. The summed E-state index contributed by atoms with van der Waals surface area (Å²) in [5.41, 5.74) is 7.56. The van der Waals surface area contributed by atoms with Crippen molar-refractivity contribution >= 4 is 5.69 Å². The van der Waals surface area contributed by atoms with E-state index in [2.05, 4.69) is 5.32 Å². The largest absolute Gasteiger partial charge is 0.494 e. The number of nitrogens with one attached hydrogen (secondary N) is 1. The topological polar surface area (TPSA) is 47.3 Å². The van der Waals surface area contributed by atoms with E-state index in [1.165, 1.54) is 12.1 Å². The normalized spacial score (nSPS) is 11.9. The second-order valence-corrected chi connectivity index (χ2v) is 4.45. The van der Waals surface area contributed by atoms with Crippen LogP contribution in [0.15, 0.2) is 48.5 Å². The highest BCUT2D eigenvalue weighted by atomic mass is 19.1. The minimum absolute atomic E-state index is 0.0625. The van der Waals surface area contributed by atoms with Crippen molar-refractivity contribution in [3.63, 3.8) is 0 Å². The van der Waals surface area contributed by atoms with Crippen LogP contribution in [0.25, 0.3) is 0 Å². The van der Waals surface area contributed by atoms with Gasteiger partial charge in [-0.2, -0.15) is 0 Å². The van der Waals surface area contributed by atoms with Gasteiger partial charge in [0.05, 0.1) is 12.6 Å². The molecule has 0 heterocycles. The van der Waals surface area contributed by atoms with Gasteiger partial charge < -0.3 is 15.8 Å². The van der Waals surface area contributed by atoms with Gasteiger partial charge in [0.15, 0.2) is 0 Å². The second kappa shape index (κ2) is 6.91. The summed E-state index contributed by atoms with van der Waals surface area (Å²) in [6, 6.07) is 14.1. The molecule has 1 atom stereocenters. The summed E-state index contributed by atoms with van der Waals surface area (Å²) in [6.45, 7) is 3.01. The lowest BCUT2D eigenvalue weighted by molar-refractivity contribution is 0.340. The third-order valence-corrected chi connectivity index (χ3v) is 2.99. The number of halogens is 1. The van der Waals surface area contributed by atoms with Crippen LogP contribution in [-0.4, -0.2) is 13.2 Å². The molecule has 0 aromatic heterocycles. The van der Waals surface area contributed by atoms with E-state index in [9.17, 15) is 4.39 Å². The standard InChI is InChI=1S/C16H19FN2O/c1-2-20-15-8-6-12(7-9-15)16(11-18)19-14-5-3-4-13(17)10-14/h3-10,16,19H,2,11,18H2,1H3. The highest BCUT2D eigenvalue weighted by Crippen LogP contribution is 2.21. The number of rotatable bonds is 6.